The summed E-state index contributed by atoms with van der Waals surface area (Å²) in [6, 6.07) is 0. The number of hydrogen-bond donors (Lipinski definition) is 0. The third-order valence-corrected chi connectivity index (χ3v) is 3.01. The van der Waals surface area contributed by atoms with Gasteiger partial charge in [0.1, 0.15) is 0 Å². The minimum Gasteiger partial charge on any atom is -1.00 e. The van der Waals surface area contributed by atoms with E-state index in [-0.39, 0.29) is 50.7 Å². The molecule has 0 unspecified atom stereocenters. The molecule has 2 aliphatic carbocycles. The van der Waals surface area contributed by atoms with Crippen LogP contribution in [0.15, 0.2) is 46.6 Å². The Kier molecular flexibility index (Phi) is 9.96. The van der Waals surface area contributed by atoms with Gasteiger partial charge in [-0.25, -0.2) is 0 Å². The third kappa shape index (κ3) is 4.35. The molecule has 0 radical (unpaired) electrons. The van der Waals surface area contributed by atoms with Crippen LogP contribution in [0.5, 0.6) is 0 Å². The van der Waals surface area contributed by atoms with Crippen LogP contribution in [0.25, 0.3) is 0 Å². The fourth-order valence-electron chi connectivity index (χ4n) is 1.99. The second-order valence-electron chi connectivity index (χ2n) is 3.96. The molecule has 2 rings (SSSR count). The number of halogens is 2. The van der Waals surface area contributed by atoms with Crippen molar-refractivity contribution in [3.05, 3.63) is 46.6 Å². The van der Waals surface area contributed by atoms with Gasteiger partial charge in [0.05, 0.1) is 0 Å². The van der Waals surface area contributed by atoms with Crippen molar-refractivity contribution in [2.45, 2.75) is 33.1 Å². The van der Waals surface area contributed by atoms with Crippen LogP contribution in [0.4, 0.5) is 0 Å². The van der Waals surface area contributed by atoms with E-state index in [1.165, 1.54) is 30.4 Å². The fourth-order valence-corrected chi connectivity index (χ4v) is 1.99. The van der Waals surface area contributed by atoms with Crippen LogP contribution in [0.2, 0.25) is 0 Å². The first-order valence-corrected chi connectivity index (χ1v) is 4.97. The molecule has 0 atom stereocenters. The van der Waals surface area contributed by atoms with Crippen molar-refractivity contribution in [3.63, 3.8) is 0 Å². The van der Waals surface area contributed by atoms with Crippen molar-refractivity contribution < 1.29 is 50.7 Å². The summed E-state index contributed by atoms with van der Waals surface area (Å²) in [5, 5.41) is 0. The molecule has 0 aromatic heterocycles. The molecule has 0 saturated heterocycles. The molecule has 0 bridgehead atoms. The molecule has 0 nitrogen and oxygen atoms in total. The van der Waals surface area contributed by atoms with Crippen LogP contribution in [0.3, 0.4) is 0 Å². The van der Waals surface area contributed by atoms with Gasteiger partial charge in [0, 0.05) is 0 Å². The summed E-state index contributed by atoms with van der Waals surface area (Å²) in [7, 11) is 0. The summed E-state index contributed by atoms with van der Waals surface area (Å²) in [5.41, 5.74) is 6.18. The Morgan fingerprint density at radius 3 is 1.50 bits per heavy atom. The van der Waals surface area contributed by atoms with E-state index >= 15 is 0 Å². The van der Waals surface area contributed by atoms with Crippen molar-refractivity contribution in [2.75, 3.05) is 0 Å². The van der Waals surface area contributed by atoms with Crippen LogP contribution < -0.4 is 24.8 Å². The maximum Gasteiger partial charge on any atom is 4.00 e. The SMILES string of the molecule is CC1=C(CC2=C(C)C=CC2)CC=C1.[Cl-].[Cl-].[Hf+4]. The average Bonchev–Trinajstić information content (AvgIpc) is 2.65. The van der Waals surface area contributed by atoms with Gasteiger partial charge in [-0.2, -0.15) is 0 Å². The van der Waals surface area contributed by atoms with E-state index < -0.39 is 0 Å². The molecule has 84 valence electrons. The zero-order valence-corrected chi connectivity index (χ0v) is 14.8. The van der Waals surface area contributed by atoms with Crippen LogP contribution in [-0.2, 0) is 25.8 Å². The molecule has 0 heterocycles. The Hall–Kier alpha value is 0.410. The molecule has 0 N–H and O–H groups in total. The Morgan fingerprint density at radius 1 is 0.875 bits per heavy atom. The van der Waals surface area contributed by atoms with Crippen LogP contribution in [0, 0.1) is 0 Å². The first-order chi connectivity index (χ1) is 6.27. The summed E-state index contributed by atoms with van der Waals surface area (Å²) in [5.74, 6) is 0. The molecule has 0 amide bonds. The van der Waals surface area contributed by atoms with Crippen LogP contribution in [-0.4, -0.2) is 0 Å². The molecular weight excluding hydrogens is 406 g/mol. The van der Waals surface area contributed by atoms with E-state index in [0.29, 0.717) is 0 Å². The predicted molar refractivity (Wildman–Crippen MR) is 57.5 cm³/mol. The van der Waals surface area contributed by atoms with E-state index in [0.717, 1.165) is 0 Å². The molecule has 0 aromatic carbocycles. The number of allylic oxidation sites excluding steroid dienone is 8. The van der Waals surface area contributed by atoms with Gasteiger partial charge in [-0.15, -0.1) is 0 Å². The minimum absolute atomic E-state index is 0. The van der Waals surface area contributed by atoms with Gasteiger partial charge >= 0.3 is 25.8 Å². The normalized spacial score (nSPS) is 17.1. The van der Waals surface area contributed by atoms with Gasteiger partial charge in [-0.1, -0.05) is 46.6 Å². The van der Waals surface area contributed by atoms with Gasteiger partial charge in [0.2, 0.25) is 0 Å². The molecule has 2 aliphatic rings. The Labute approximate surface area is 130 Å². The Morgan fingerprint density at radius 2 is 1.25 bits per heavy atom. The second-order valence-corrected chi connectivity index (χ2v) is 3.96. The zero-order valence-electron chi connectivity index (χ0n) is 9.69. The van der Waals surface area contributed by atoms with Gasteiger partial charge in [-0.05, 0) is 33.1 Å². The van der Waals surface area contributed by atoms with Gasteiger partial charge in [-0.3, -0.25) is 0 Å². The van der Waals surface area contributed by atoms with Crippen molar-refractivity contribution in [1.82, 2.24) is 0 Å². The van der Waals surface area contributed by atoms with E-state index in [9.17, 15) is 0 Å². The van der Waals surface area contributed by atoms with Crippen molar-refractivity contribution in [1.29, 1.82) is 0 Å². The Bertz CT molecular complexity index is 315. The summed E-state index contributed by atoms with van der Waals surface area (Å²) < 4.78 is 0. The molecule has 0 fully saturated rings. The first kappa shape index (κ1) is 18.8. The average molecular weight is 422 g/mol. The van der Waals surface area contributed by atoms with Gasteiger partial charge in [0.15, 0.2) is 0 Å². The first-order valence-electron chi connectivity index (χ1n) is 4.97. The van der Waals surface area contributed by atoms with Gasteiger partial charge in [0.25, 0.3) is 0 Å². The van der Waals surface area contributed by atoms with E-state index in [1.807, 2.05) is 0 Å². The van der Waals surface area contributed by atoms with Crippen molar-refractivity contribution in [3.8, 4) is 0 Å². The minimum atomic E-state index is 0. The molecule has 0 aromatic rings. The van der Waals surface area contributed by atoms with Crippen molar-refractivity contribution >= 4 is 0 Å². The number of hydrogen-bond acceptors (Lipinski definition) is 0. The third-order valence-electron chi connectivity index (χ3n) is 3.01. The Balaban J connectivity index is 0. The molecule has 16 heavy (non-hydrogen) atoms. The summed E-state index contributed by atoms with van der Waals surface area (Å²) >= 11 is 0. The van der Waals surface area contributed by atoms with E-state index in [4.69, 9.17) is 0 Å². The summed E-state index contributed by atoms with van der Waals surface area (Å²) in [6.45, 7) is 4.44. The van der Waals surface area contributed by atoms with E-state index in [1.54, 1.807) is 11.1 Å². The monoisotopic (exact) mass is 422 g/mol. The predicted octanol–water partition coefficient (Wildman–Crippen LogP) is -2.07. The molecular formula is C13H16Cl2Hf+2. The standard InChI is InChI=1S/C13H16.2ClH.Hf/c1-10-5-3-7-12(10)9-13-8-4-6-11(13)2;;;/h3-6H,7-9H2,1-2H3;2*1H;/q;;;+4/p-2. The molecule has 0 saturated carbocycles. The summed E-state index contributed by atoms with van der Waals surface area (Å²) in [6.07, 6.45) is 12.6. The van der Waals surface area contributed by atoms with Crippen LogP contribution >= 0.6 is 0 Å². The molecule has 0 aliphatic heterocycles. The largest absolute Gasteiger partial charge is 4.00 e. The quantitative estimate of drug-likeness (QED) is 0.450. The van der Waals surface area contributed by atoms with Crippen molar-refractivity contribution in [2.24, 2.45) is 0 Å². The zero-order chi connectivity index (χ0) is 9.26. The topological polar surface area (TPSA) is 0 Å². The maximum absolute atomic E-state index is 2.27. The van der Waals surface area contributed by atoms with Gasteiger partial charge < -0.3 is 24.8 Å². The fraction of sp³-hybridized carbons (Fsp3) is 0.385. The second kappa shape index (κ2) is 8.49. The maximum atomic E-state index is 2.27. The summed E-state index contributed by atoms with van der Waals surface area (Å²) in [4.78, 5) is 0. The molecule has 3 heteroatoms. The van der Waals surface area contributed by atoms with Crippen LogP contribution in [0.1, 0.15) is 33.1 Å². The number of rotatable bonds is 2. The molecule has 0 spiro atoms. The van der Waals surface area contributed by atoms with E-state index in [2.05, 4.69) is 38.2 Å². The smallest absolute Gasteiger partial charge is 1.00 e.